The molecule has 1 aliphatic carbocycles. The summed E-state index contributed by atoms with van der Waals surface area (Å²) in [6.45, 7) is 3.89. The number of aryl methyl sites for hydroxylation is 1. The zero-order chi connectivity index (χ0) is 24.9. The van der Waals surface area contributed by atoms with Gasteiger partial charge in [0.1, 0.15) is 23.9 Å². The summed E-state index contributed by atoms with van der Waals surface area (Å²) < 4.78 is 11.4. The number of carbonyl (C=O) groups is 1. The number of ether oxygens (including phenoxy) is 2. The maximum atomic E-state index is 13.9. The first-order chi connectivity index (χ1) is 17.6. The minimum Gasteiger partial charge on any atom is -0.508 e. The molecule has 1 fully saturated rings. The zero-order valence-electron chi connectivity index (χ0n) is 20.8. The number of hydrogen-bond acceptors (Lipinski definition) is 5. The molecule has 2 aliphatic rings. The van der Waals surface area contributed by atoms with Crippen molar-refractivity contribution in [3.8, 4) is 17.2 Å². The van der Waals surface area contributed by atoms with Crippen molar-refractivity contribution >= 4 is 16.9 Å². The number of hydrogen-bond donors (Lipinski definition) is 1. The number of nitrogens with zero attached hydrogens (tertiary/aromatic N) is 1. The molecule has 1 N–H and O–H groups in total. The maximum absolute atomic E-state index is 13.9. The van der Waals surface area contributed by atoms with Crippen LogP contribution in [0.25, 0.3) is 11.1 Å². The number of likely N-dealkylation sites (tertiary alicyclic amines) is 1. The van der Waals surface area contributed by atoms with Crippen LogP contribution in [0.4, 0.5) is 0 Å². The van der Waals surface area contributed by atoms with Crippen molar-refractivity contribution in [2.24, 2.45) is 0 Å². The third kappa shape index (κ3) is 5.31. The highest BCUT2D eigenvalue weighted by Crippen LogP contribution is 2.40. The van der Waals surface area contributed by atoms with Gasteiger partial charge in [0.05, 0.1) is 7.11 Å². The molecule has 186 valence electrons. The van der Waals surface area contributed by atoms with Crippen LogP contribution in [0.15, 0.2) is 66.7 Å². The zero-order valence-corrected chi connectivity index (χ0v) is 20.8. The number of methoxy groups -OCH3 is 1. The van der Waals surface area contributed by atoms with Crippen LogP contribution in [-0.2, 0) is 6.42 Å². The van der Waals surface area contributed by atoms with E-state index in [0.29, 0.717) is 24.2 Å². The van der Waals surface area contributed by atoms with Gasteiger partial charge in [-0.25, -0.2) is 0 Å². The number of allylic oxidation sites excluding steroid dienone is 2. The van der Waals surface area contributed by atoms with Crippen molar-refractivity contribution in [1.29, 1.82) is 0 Å². The second-order valence-electron chi connectivity index (χ2n) is 9.53. The molecule has 3 aromatic carbocycles. The van der Waals surface area contributed by atoms with Crippen LogP contribution in [0.2, 0.25) is 0 Å². The topological polar surface area (TPSA) is 59.0 Å². The minimum atomic E-state index is -0.0284. The molecule has 1 aliphatic heterocycles. The van der Waals surface area contributed by atoms with Gasteiger partial charge in [0.25, 0.3) is 0 Å². The smallest absolute Gasteiger partial charge is 0.193 e. The summed E-state index contributed by atoms with van der Waals surface area (Å²) in [4.78, 5) is 16.4. The lowest BCUT2D eigenvalue weighted by molar-refractivity contribution is 0.105. The molecule has 0 spiro atoms. The number of aromatic hydroxyl groups is 1. The predicted molar refractivity (Wildman–Crippen MR) is 143 cm³/mol. The van der Waals surface area contributed by atoms with Crippen molar-refractivity contribution in [1.82, 2.24) is 4.90 Å². The fraction of sp³-hybridized carbons (Fsp3) is 0.323. The first-order valence-electron chi connectivity index (χ1n) is 12.8. The lowest BCUT2D eigenvalue weighted by atomic mass is 9.79. The minimum absolute atomic E-state index is 0.0284. The van der Waals surface area contributed by atoms with Gasteiger partial charge in [0, 0.05) is 17.7 Å². The standard InChI is InChI=1S/C31H33NO4/c1-35-27-7-5-6-23(21-27)28-14-10-24-20-25(33)11-15-29(24)30(28)31(34)22-8-12-26(13-9-22)36-19-18-32-16-3-2-4-17-32/h5-9,11-13,15,20-21,33H,2-4,10,14,16-19H2,1H3. The van der Waals surface area contributed by atoms with E-state index in [-0.39, 0.29) is 11.5 Å². The molecular formula is C31H33NO4. The Morgan fingerprint density at radius 2 is 1.72 bits per heavy atom. The van der Waals surface area contributed by atoms with Gasteiger partial charge in [-0.1, -0.05) is 24.6 Å². The van der Waals surface area contributed by atoms with Crippen LogP contribution < -0.4 is 9.47 Å². The van der Waals surface area contributed by atoms with Gasteiger partial charge in [-0.15, -0.1) is 0 Å². The quantitative estimate of drug-likeness (QED) is 0.398. The van der Waals surface area contributed by atoms with E-state index in [4.69, 9.17) is 9.47 Å². The van der Waals surface area contributed by atoms with E-state index in [9.17, 15) is 9.90 Å². The Balaban J connectivity index is 1.41. The second kappa shape index (κ2) is 11.0. The Morgan fingerprint density at radius 3 is 2.50 bits per heavy atom. The number of fused-ring (bicyclic) bond motifs is 1. The summed E-state index contributed by atoms with van der Waals surface area (Å²) in [6.07, 6.45) is 5.34. The predicted octanol–water partition coefficient (Wildman–Crippen LogP) is 6.01. The number of benzene rings is 3. The first-order valence-corrected chi connectivity index (χ1v) is 12.8. The molecule has 0 saturated carbocycles. The molecule has 1 saturated heterocycles. The summed E-state index contributed by atoms with van der Waals surface area (Å²) in [5.41, 5.74) is 5.15. The number of Topliss-reactive ketones (excluding diaryl/α,β-unsaturated/α-hetero) is 1. The van der Waals surface area contributed by atoms with Gasteiger partial charge >= 0.3 is 0 Å². The van der Waals surface area contributed by atoms with Crippen LogP contribution in [0.3, 0.4) is 0 Å². The highest BCUT2D eigenvalue weighted by Gasteiger charge is 2.26. The van der Waals surface area contributed by atoms with Crippen molar-refractivity contribution in [3.63, 3.8) is 0 Å². The molecule has 5 rings (SSSR count). The highest BCUT2D eigenvalue weighted by molar-refractivity contribution is 6.35. The van der Waals surface area contributed by atoms with Crippen LogP contribution >= 0.6 is 0 Å². The van der Waals surface area contributed by atoms with Gasteiger partial charge in [-0.05, 0) is 110 Å². The van der Waals surface area contributed by atoms with E-state index < -0.39 is 0 Å². The summed E-state index contributed by atoms with van der Waals surface area (Å²) in [5.74, 6) is 1.73. The fourth-order valence-corrected chi connectivity index (χ4v) is 5.26. The number of phenolic OH excluding ortho intramolecular Hbond substituents is 1. The van der Waals surface area contributed by atoms with E-state index in [1.807, 2.05) is 54.6 Å². The fourth-order valence-electron chi connectivity index (χ4n) is 5.26. The van der Waals surface area contributed by atoms with Crippen molar-refractivity contribution in [2.45, 2.75) is 32.1 Å². The Hall–Kier alpha value is -3.57. The highest BCUT2D eigenvalue weighted by atomic mass is 16.5. The van der Waals surface area contributed by atoms with Crippen LogP contribution in [0.5, 0.6) is 17.2 Å². The van der Waals surface area contributed by atoms with E-state index in [1.165, 1.54) is 19.3 Å². The number of rotatable bonds is 8. The molecule has 1 heterocycles. The lowest BCUT2D eigenvalue weighted by Crippen LogP contribution is -2.33. The van der Waals surface area contributed by atoms with Gasteiger partial charge in [0.15, 0.2) is 5.78 Å². The number of ketones is 1. The van der Waals surface area contributed by atoms with Crippen LogP contribution in [0, 0.1) is 0 Å². The first kappa shape index (κ1) is 24.1. The monoisotopic (exact) mass is 483 g/mol. The molecule has 5 nitrogen and oxygen atoms in total. The average molecular weight is 484 g/mol. The van der Waals surface area contributed by atoms with Gasteiger partial charge in [-0.2, -0.15) is 0 Å². The summed E-state index contributed by atoms with van der Waals surface area (Å²) >= 11 is 0. The summed E-state index contributed by atoms with van der Waals surface area (Å²) in [6, 6.07) is 20.6. The SMILES string of the molecule is COc1cccc(C2=C(C(=O)c3ccc(OCCN4CCCCC4)cc3)c3ccc(O)cc3CC2)c1. The van der Waals surface area contributed by atoms with E-state index in [0.717, 1.165) is 59.8 Å². The Kier molecular flexibility index (Phi) is 7.38. The second-order valence-corrected chi connectivity index (χ2v) is 9.53. The van der Waals surface area contributed by atoms with Gasteiger partial charge < -0.3 is 14.6 Å². The molecular weight excluding hydrogens is 450 g/mol. The molecule has 0 amide bonds. The summed E-state index contributed by atoms with van der Waals surface area (Å²) in [7, 11) is 1.65. The van der Waals surface area contributed by atoms with Crippen molar-refractivity contribution < 1.29 is 19.4 Å². The van der Waals surface area contributed by atoms with Crippen LogP contribution in [0.1, 0.15) is 52.7 Å². The molecule has 5 heteroatoms. The van der Waals surface area contributed by atoms with Crippen LogP contribution in [-0.4, -0.2) is 49.1 Å². The molecule has 0 bridgehead atoms. The third-order valence-corrected chi connectivity index (χ3v) is 7.19. The molecule has 0 radical (unpaired) electrons. The van der Waals surface area contributed by atoms with E-state index in [1.54, 1.807) is 19.2 Å². The normalized spacial score (nSPS) is 15.9. The lowest BCUT2D eigenvalue weighted by Gasteiger charge is -2.26. The molecule has 36 heavy (non-hydrogen) atoms. The number of carbonyl (C=O) groups excluding carboxylic acids is 1. The molecule has 0 aromatic heterocycles. The molecule has 0 unspecified atom stereocenters. The number of piperidine rings is 1. The van der Waals surface area contributed by atoms with E-state index >= 15 is 0 Å². The Morgan fingerprint density at radius 1 is 0.917 bits per heavy atom. The third-order valence-electron chi connectivity index (χ3n) is 7.19. The number of phenols is 1. The Labute approximate surface area is 213 Å². The molecule has 3 aromatic rings. The molecule has 0 atom stereocenters. The van der Waals surface area contributed by atoms with Crippen molar-refractivity contribution in [3.05, 3.63) is 89.0 Å². The van der Waals surface area contributed by atoms with Gasteiger partial charge in [0.2, 0.25) is 0 Å². The van der Waals surface area contributed by atoms with Crippen molar-refractivity contribution in [2.75, 3.05) is 33.4 Å². The van der Waals surface area contributed by atoms with E-state index in [2.05, 4.69) is 4.90 Å². The summed E-state index contributed by atoms with van der Waals surface area (Å²) in [5, 5.41) is 10.0. The maximum Gasteiger partial charge on any atom is 0.193 e. The Bertz CT molecular complexity index is 1260. The average Bonchev–Trinajstić information content (AvgIpc) is 2.93. The largest absolute Gasteiger partial charge is 0.508 e. The van der Waals surface area contributed by atoms with Gasteiger partial charge in [-0.3, -0.25) is 9.69 Å².